The zero-order chi connectivity index (χ0) is 14.6. The average Bonchev–Trinajstić information content (AvgIpc) is 2.36. The van der Waals surface area contributed by atoms with E-state index in [0.717, 1.165) is 0 Å². The van der Waals surface area contributed by atoms with Crippen LogP contribution in [0.4, 0.5) is 11.4 Å². The maximum atomic E-state index is 11.8. The molecule has 0 aliphatic rings. The van der Waals surface area contributed by atoms with Gasteiger partial charge in [-0.25, -0.2) is 4.79 Å². The van der Waals surface area contributed by atoms with Crippen molar-refractivity contribution in [3.8, 4) is 0 Å². The van der Waals surface area contributed by atoms with Crippen LogP contribution in [-0.4, -0.2) is 39.9 Å². The Hall–Kier alpha value is -1.46. The monoisotopic (exact) mass is 286 g/mol. The number of carbonyl (C=O) groups excluding carboxylic acids is 1. The van der Waals surface area contributed by atoms with E-state index in [-0.39, 0.29) is 6.04 Å². The van der Waals surface area contributed by atoms with Gasteiger partial charge >= 0.3 is 5.97 Å². The minimum Gasteiger partial charge on any atom is -0.465 e. The fraction of sp³-hybridized carbons (Fsp3) is 0.462. The van der Waals surface area contributed by atoms with Crippen LogP contribution in [0.15, 0.2) is 12.1 Å². The molecule has 2 N–H and O–H groups in total. The van der Waals surface area contributed by atoms with Crippen molar-refractivity contribution in [2.24, 2.45) is 0 Å². The van der Waals surface area contributed by atoms with Crippen molar-refractivity contribution in [3.63, 3.8) is 0 Å². The first-order valence-electron chi connectivity index (χ1n) is 5.81. The van der Waals surface area contributed by atoms with Gasteiger partial charge in [0.2, 0.25) is 0 Å². The number of ether oxygens (including phenoxy) is 2. The minimum atomic E-state index is -0.472. The zero-order valence-corrected chi connectivity index (χ0v) is 12.3. The van der Waals surface area contributed by atoms with E-state index >= 15 is 0 Å². The number of nitrogens with two attached hydrogens (primary N) is 1. The van der Waals surface area contributed by atoms with Crippen molar-refractivity contribution < 1.29 is 14.3 Å². The number of methoxy groups -OCH3 is 2. The van der Waals surface area contributed by atoms with Gasteiger partial charge in [-0.3, -0.25) is 0 Å². The van der Waals surface area contributed by atoms with Crippen LogP contribution >= 0.6 is 11.6 Å². The standard InChI is InChI=1S/C13H19ClN2O3/c1-8(7-18-3)16(2)12-10(13(17)19-4)5-9(15)6-11(12)14/h5-6,8H,7,15H2,1-4H3. The highest BCUT2D eigenvalue weighted by molar-refractivity contribution is 6.34. The zero-order valence-electron chi connectivity index (χ0n) is 11.6. The van der Waals surface area contributed by atoms with Crippen molar-refractivity contribution in [1.29, 1.82) is 0 Å². The summed E-state index contributed by atoms with van der Waals surface area (Å²) in [7, 11) is 4.78. The molecule has 0 aromatic heterocycles. The number of hydrogen-bond acceptors (Lipinski definition) is 5. The van der Waals surface area contributed by atoms with Crippen LogP contribution in [0.5, 0.6) is 0 Å². The first kappa shape index (κ1) is 15.6. The van der Waals surface area contributed by atoms with Crippen molar-refractivity contribution >= 4 is 28.9 Å². The number of halogens is 1. The number of carbonyl (C=O) groups is 1. The second-order valence-electron chi connectivity index (χ2n) is 4.31. The average molecular weight is 287 g/mol. The summed E-state index contributed by atoms with van der Waals surface area (Å²) in [5.74, 6) is -0.472. The van der Waals surface area contributed by atoms with E-state index in [4.69, 9.17) is 26.8 Å². The Kier molecular flexibility index (Phi) is 5.44. The van der Waals surface area contributed by atoms with Gasteiger partial charge < -0.3 is 20.1 Å². The Bertz CT molecular complexity index is 465. The number of esters is 1. The number of nitrogen functional groups attached to an aromatic ring is 1. The Morgan fingerprint density at radius 3 is 2.63 bits per heavy atom. The topological polar surface area (TPSA) is 64.8 Å². The Morgan fingerprint density at radius 1 is 1.47 bits per heavy atom. The molecule has 19 heavy (non-hydrogen) atoms. The summed E-state index contributed by atoms with van der Waals surface area (Å²) in [6.45, 7) is 2.48. The summed E-state index contributed by atoms with van der Waals surface area (Å²) in [5, 5.41) is 0.408. The number of nitrogens with zero attached hydrogens (tertiary/aromatic N) is 1. The maximum absolute atomic E-state index is 11.8. The van der Waals surface area contributed by atoms with Gasteiger partial charge in [-0.2, -0.15) is 0 Å². The van der Waals surface area contributed by atoms with Crippen LogP contribution in [0.2, 0.25) is 5.02 Å². The molecular formula is C13H19ClN2O3. The van der Waals surface area contributed by atoms with Crippen molar-refractivity contribution in [1.82, 2.24) is 0 Å². The maximum Gasteiger partial charge on any atom is 0.340 e. The van der Waals surface area contributed by atoms with Gasteiger partial charge in [-0.05, 0) is 19.1 Å². The van der Waals surface area contributed by atoms with E-state index in [1.807, 2.05) is 18.9 Å². The summed E-state index contributed by atoms with van der Waals surface area (Å²) >= 11 is 6.20. The van der Waals surface area contributed by atoms with Crippen LogP contribution in [0.3, 0.4) is 0 Å². The first-order valence-corrected chi connectivity index (χ1v) is 6.19. The van der Waals surface area contributed by atoms with E-state index in [1.165, 1.54) is 7.11 Å². The van der Waals surface area contributed by atoms with Crippen LogP contribution < -0.4 is 10.6 Å². The molecule has 106 valence electrons. The van der Waals surface area contributed by atoms with E-state index in [2.05, 4.69) is 0 Å². The van der Waals surface area contributed by atoms with Gasteiger partial charge in [-0.15, -0.1) is 0 Å². The molecule has 6 heteroatoms. The van der Waals surface area contributed by atoms with Crippen LogP contribution in [0, 0.1) is 0 Å². The van der Waals surface area contributed by atoms with Gasteiger partial charge in [0, 0.05) is 25.9 Å². The molecule has 1 aromatic rings. The van der Waals surface area contributed by atoms with E-state index in [9.17, 15) is 4.79 Å². The van der Waals surface area contributed by atoms with Crippen LogP contribution in [0.1, 0.15) is 17.3 Å². The molecule has 0 bridgehead atoms. The summed E-state index contributed by atoms with van der Waals surface area (Å²) in [5.41, 5.74) is 7.07. The van der Waals surface area contributed by atoms with Gasteiger partial charge in [-0.1, -0.05) is 11.6 Å². The number of benzene rings is 1. The highest BCUT2D eigenvalue weighted by Crippen LogP contribution is 2.33. The highest BCUT2D eigenvalue weighted by atomic mass is 35.5. The predicted octanol–water partition coefficient (Wildman–Crippen LogP) is 2.18. The lowest BCUT2D eigenvalue weighted by Crippen LogP contribution is -2.34. The number of hydrogen-bond donors (Lipinski definition) is 1. The quantitative estimate of drug-likeness (QED) is 0.664. The van der Waals surface area contributed by atoms with E-state index < -0.39 is 5.97 Å². The van der Waals surface area contributed by atoms with Crippen molar-refractivity contribution in [2.45, 2.75) is 13.0 Å². The Balaban J connectivity index is 3.28. The third-order valence-corrected chi connectivity index (χ3v) is 3.20. The molecule has 1 rings (SSSR count). The molecule has 0 radical (unpaired) electrons. The second-order valence-corrected chi connectivity index (χ2v) is 4.71. The lowest BCUT2D eigenvalue weighted by molar-refractivity contribution is 0.0601. The number of anilines is 2. The third kappa shape index (κ3) is 3.52. The molecule has 1 aromatic carbocycles. The molecule has 0 aliphatic heterocycles. The largest absolute Gasteiger partial charge is 0.465 e. The Morgan fingerprint density at radius 2 is 2.11 bits per heavy atom. The number of rotatable bonds is 5. The molecule has 1 atom stereocenters. The molecule has 0 heterocycles. The smallest absolute Gasteiger partial charge is 0.340 e. The second kappa shape index (κ2) is 6.63. The lowest BCUT2D eigenvalue weighted by atomic mass is 10.1. The summed E-state index contributed by atoms with van der Waals surface area (Å²) < 4.78 is 9.88. The van der Waals surface area contributed by atoms with Gasteiger partial charge in [0.15, 0.2) is 0 Å². The Labute approximate surface area is 118 Å². The molecule has 1 unspecified atom stereocenters. The van der Waals surface area contributed by atoms with Gasteiger partial charge in [0.1, 0.15) is 0 Å². The fourth-order valence-electron chi connectivity index (χ4n) is 1.82. The molecule has 0 fully saturated rings. The SMILES string of the molecule is COCC(C)N(C)c1c(Cl)cc(N)cc1C(=O)OC. The number of likely N-dealkylation sites (N-methyl/N-ethyl adjacent to an activating group) is 1. The van der Waals surface area contributed by atoms with E-state index in [1.54, 1.807) is 19.2 Å². The lowest BCUT2D eigenvalue weighted by Gasteiger charge is -2.29. The molecule has 5 nitrogen and oxygen atoms in total. The molecule has 0 amide bonds. The minimum absolute atomic E-state index is 0.0505. The normalized spacial score (nSPS) is 12.1. The first-order chi connectivity index (χ1) is 8.92. The van der Waals surface area contributed by atoms with Crippen LogP contribution in [0.25, 0.3) is 0 Å². The van der Waals surface area contributed by atoms with Crippen molar-refractivity contribution in [2.75, 3.05) is 38.5 Å². The van der Waals surface area contributed by atoms with Gasteiger partial charge in [0.25, 0.3) is 0 Å². The summed E-state index contributed by atoms with van der Waals surface area (Å²) in [6, 6.07) is 3.22. The van der Waals surface area contributed by atoms with Crippen molar-refractivity contribution in [3.05, 3.63) is 22.7 Å². The molecule has 0 spiro atoms. The summed E-state index contributed by atoms with van der Waals surface area (Å²) in [4.78, 5) is 13.7. The summed E-state index contributed by atoms with van der Waals surface area (Å²) in [6.07, 6.45) is 0. The molecule has 0 aliphatic carbocycles. The van der Waals surface area contributed by atoms with Gasteiger partial charge in [0.05, 0.1) is 30.0 Å². The molecule has 0 saturated carbocycles. The molecular weight excluding hydrogens is 268 g/mol. The molecule has 0 saturated heterocycles. The van der Waals surface area contributed by atoms with E-state index in [0.29, 0.717) is 28.6 Å². The fourth-order valence-corrected chi connectivity index (χ4v) is 2.18. The highest BCUT2D eigenvalue weighted by Gasteiger charge is 2.22. The predicted molar refractivity (Wildman–Crippen MR) is 76.9 cm³/mol. The van der Waals surface area contributed by atoms with Crippen LogP contribution in [-0.2, 0) is 9.47 Å². The third-order valence-electron chi connectivity index (χ3n) is 2.91.